The van der Waals surface area contributed by atoms with E-state index in [1.54, 1.807) is 23.0 Å². The molecule has 0 aliphatic carbocycles. The standard InChI is InChI=1S/C9H9FN4.C2H6/c10-7-5-6(1-2-8(7)11)14-4-3-13-9(14)12;1-2/h1-5H,11H2,(H2,12,13);1-2H3. The van der Waals surface area contributed by atoms with Crippen LogP contribution in [0.2, 0.25) is 0 Å². The topological polar surface area (TPSA) is 69.9 Å². The van der Waals surface area contributed by atoms with Gasteiger partial charge in [-0.25, -0.2) is 9.37 Å². The Bertz CT molecular complexity index is 465. The third kappa shape index (κ3) is 2.31. The van der Waals surface area contributed by atoms with Crippen LogP contribution in [0.1, 0.15) is 13.8 Å². The number of nitrogens with two attached hydrogens (primary N) is 2. The molecule has 0 radical (unpaired) electrons. The summed E-state index contributed by atoms with van der Waals surface area (Å²) in [6.45, 7) is 4.00. The van der Waals surface area contributed by atoms with Gasteiger partial charge in [-0.15, -0.1) is 0 Å². The van der Waals surface area contributed by atoms with Crippen molar-refractivity contribution in [3.05, 3.63) is 36.4 Å². The highest BCUT2D eigenvalue weighted by atomic mass is 19.1. The molecule has 0 aliphatic heterocycles. The van der Waals surface area contributed by atoms with Crippen LogP contribution in [-0.2, 0) is 0 Å². The second-order valence-corrected chi connectivity index (χ2v) is 2.86. The summed E-state index contributed by atoms with van der Waals surface area (Å²) < 4.78 is 14.7. The predicted molar refractivity (Wildman–Crippen MR) is 63.7 cm³/mol. The SMILES string of the molecule is CC.Nc1ccc(-n2ccnc2N)cc1F. The summed E-state index contributed by atoms with van der Waals surface area (Å²) in [7, 11) is 0. The first-order valence-electron chi connectivity index (χ1n) is 5.02. The number of nitrogens with zero attached hydrogens (tertiary/aromatic N) is 2. The summed E-state index contributed by atoms with van der Waals surface area (Å²) in [6, 6.07) is 4.48. The maximum atomic E-state index is 13.1. The molecule has 0 atom stereocenters. The molecule has 86 valence electrons. The van der Waals surface area contributed by atoms with Crippen LogP contribution in [0.15, 0.2) is 30.6 Å². The van der Waals surface area contributed by atoms with Gasteiger partial charge in [0.1, 0.15) is 5.82 Å². The average molecular weight is 222 g/mol. The molecule has 16 heavy (non-hydrogen) atoms. The van der Waals surface area contributed by atoms with Gasteiger partial charge in [-0.3, -0.25) is 4.57 Å². The molecule has 5 heteroatoms. The fourth-order valence-electron chi connectivity index (χ4n) is 1.20. The number of imidazole rings is 1. The van der Waals surface area contributed by atoms with Crippen molar-refractivity contribution in [2.75, 3.05) is 11.5 Å². The minimum absolute atomic E-state index is 0.118. The van der Waals surface area contributed by atoms with Crippen LogP contribution in [0.4, 0.5) is 16.0 Å². The molecule has 1 heterocycles. The van der Waals surface area contributed by atoms with Gasteiger partial charge < -0.3 is 11.5 Å². The van der Waals surface area contributed by atoms with Crippen LogP contribution >= 0.6 is 0 Å². The second-order valence-electron chi connectivity index (χ2n) is 2.86. The van der Waals surface area contributed by atoms with Crippen molar-refractivity contribution >= 4 is 11.6 Å². The van der Waals surface area contributed by atoms with Crippen LogP contribution in [0.5, 0.6) is 0 Å². The zero-order valence-electron chi connectivity index (χ0n) is 9.31. The van der Waals surface area contributed by atoms with E-state index in [1.807, 2.05) is 13.8 Å². The molecule has 0 unspecified atom stereocenters. The largest absolute Gasteiger partial charge is 0.396 e. The summed E-state index contributed by atoms with van der Waals surface area (Å²) in [5, 5.41) is 0. The minimum atomic E-state index is -0.462. The third-order valence-corrected chi connectivity index (χ3v) is 1.93. The summed E-state index contributed by atoms with van der Waals surface area (Å²) in [4.78, 5) is 3.83. The number of hydrogen-bond acceptors (Lipinski definition) is 3. The molecular weight excluding hydrogens is 207 g/mol. The van der Waals surface area contributed by atoms with Crippen molar-refractivity contribution in [2.45, 2.75) is 13.8 Å². The van der Waals surface area contributed by atoms with Crippen LogP contribution in [0.25, 0.3) is 5.69 Å². The lowest BCUT2D eigenvalue weighted by Crippen LogP contribution is -2.01. The van der Waals surface area contributed by atoms with Gasteiger partial charge in [-0.05, 0) is 12.1 Å². The summed E-state index contributed by atoms with van der Waals surface area (Å²) in [5.74, 6) is -0.148. The first-order valence-corrected chi connectivity index (χ1v) is 5.02. The fourth-order valence-corrected chi connectivity index (χ4v) is 1.20. The molecule has 4 N–H and O–H groups in total. The number of aromatic nitrogens is 2. The number of anilines is 2. The van der Waals surface area contributed by atoms with E-state index in [9.17, 15) is 4.39 Å². The highest BCUT2D eigenvalue weighted by molar-refractivity contribution is 5.48. The van der Waals surface area contributed by atoms with Crippen LogP contribution in [-0.4, -0.2) is 9.55 Å². The van der Waals surface area contributed by atoms with Crippen molar-refractivity contribution in [1.29, 1.82) is 0 Å². The first kappa shape index (κ1) is 12.0. The Labute approximate surface area is 93.7 Å². The van der Waals surface area contributed by atoms with E-state index in [2.05, 4.69) is 4.98 Å². The van der Waals surface area contributed by atoms with Gasteiger partial charge in [-0.1, -0.05) is 13.8 Å². The summed E-state index contributed by atoms with van der Waals surface area (Å²) in [5.41, 5.74) is 11.6. The molecule has 0 spiro atoms. The van der Waals surface area contributed by atoms with Crippen molar-refractivity contribution in [2.24, 2.45) is 0 Å². The molecule has 1 aromatic heterocycles. The second kappa shape index (κ2) is 5.16. The zero-order valence-corrected chi connectivity index (χ0v) is 9.31. The lowest BCUT2D eigenvalue weighted by molar-refractivity contribution is 0.631. The molecule has 2 aromatic rings. The number of hydrogen-bond donors (Lipinski definition) is 2. The molecule has 0 aliphatic rings. The van der Waals surface area contributed by atoms with E-state index >= 15 is 0 Å². The lowest BCUT2D eigenvalue weighted by Gasteiger charge is -2.05. The maximum absolute atomic E-state index is 13.1. The Hall–Kier alpha value is -2.04. The molecule has 0 saturated carbocycles. The number of rotatable bonds is 1. The Morgan fingerprint density at radius 2 is 1.94 bits per heavy atom. The molecule has 1 aromatic carbocycles. The van der Waals surface area contributed by atoms with Crippen molar-refractivity contribution in [3.63, 3.8) is 0 Å². The molecule has 0 amide bonds. The van der Waals surface area contributed by atoms with Crippen molar-refractivity contribution in [1.82, 2.24) is 9.55 Å². The Morgan fingerprint density at radius 3 is 2.44 bits per heavy atom. The molecule has 2 rings (SSSR count). The Kier molecular flexibility index (Phi) is 3.88. The molecule has 0 saturated heterocycles. The number of nitrogen functional groups attached to an aromatic ring is 2. The monoisotopic (exact) mass is 222 g/mol. The summed E-state index contributed by atoms with van der Waals surface area (Å²) in [6.07, 6.45) is 3.20. The van der Waals surface area contributed by atoms with E-state index in [0.29, 0.717) is 11.6 Å². The Morgan fingerprint density at radius 1 is 1.25 bits per heavy atom. The highest BCUT2D eigenvalue weighted by Crippen LogP contribution is 2.17. The smallest absolute Gasteiger partial charge is 0.204 e. The maximum Gasteiger partial charge on any atom is 0.204 e. The van der Waals surface area contributed by atoms with Gasteiger partial charge in [0.25, 0.3) is 0 Å². The van der Waals surface area contributed by atoms with E-state index < -0.39 is 5.82 Å². The van der Waals surface area contributed by atoms with Gasteiger partial charge in [0.15, 0.2) is 0 Å². The van der Waals surface area contributed by atoms with Gasteiger partial charge in [0.05, 0.1) is 11.4 Å². The molecular formula is C11H15FN4. The van der Waals surface area contributed by atoms with Crippen molar-refractivity contribution in [3.8, 4) is 5.69 Å². The van der Waals surface area contributed by atoms with Crippen LogP contribution in [0.3, 0.4) is 0 Å². The fraction of sp³-hybridized carbons (Fsp3) is 0.182. The van der Waals surface area contributed by atoms with E-state index in [4.69, 9.17) is 11.5 Å². The molecule has 0 bridgehead atoms. The van der Waals surface area contributed by atoms with Crippen molar-refractivity contribution < 1.29 is 4.39 Å². The summed E-state index contributed by atoms with van der Waals surface area (Å²) >= 11 is 0. The number of benzene rings is 1. The first-order chi connectivity index (χ1) is 7.68. The van der Waals surface area contributed by atoms with E-state index in [-0.39, 0.29) is 5.69 Å². The highest BCUT2D eigenvalue weighted by Gasteiger charge is 2.03. The molecule has 4 nitrogen and oxygen atoms in total. The molecule has 0 fully saturated rings. The van der Waals surface area contributed by atoms with Gasteiger partial charge in [0, 0.05) is 18.5 Å². The zero-order chi connectivity index (χ0) is 12.1. The van der Waals surface area contributed by atoms with Crippen LogP contribution < -0.4 is 11.5 Å². The normalized spacial score (nSPS) is 9.44. The Balaban J connectivity index is 0.000000606. The van der Waals surface area contributed by atoms with Gasteiger partial charge in [-0.2, -0.15) is 0 Å². The van der Waals surface area contributed by atoms with E-state index in [0.717, 1.165) is 0 Å². The van der Waals surface area contributed by atoms with Gasteiger partial charge >= 0.3 is 0 Å². The van der Waals surface area contributed by atoms with Crippen LogP contribution in [0, 0.1) is 5.82 Å². The number of halogens is 1. The quantitative estimate of drug-likeness (QED) is 0.727. The van der Waals surface area contributed by atoms with Gasteiger partial charge in [0.2, 0.25) is 5.95 Å². The predicted octanol–water partition coefficient (Wildman–Crippen LogP) is 2.20. The third-order valence-electron chi connectivity index (χ3n) is 1.93. The lowest BCUT2D eigenvalue weighted by atomic mass is 10.2. The minimum Gasteiger partial charge on any atom is -0.396 e. The van der Waals surface area contributed by atoms with E-state index in [1.165, 1.54) is 12.1 Å². The average Bonchev–Trinajstić information content (AvgIpc) is 2.72.